The molecule has 7 heteroatoms. The van der Waals surface area contributed by atoms with Crippen LogP contribution in [0.25, 0.3) is 0 Å². The van der Waals surface area contributed by atoms with E-state index in [4.69, 9.17) is 21.4 Å². The number of benzene rings is 2. The first-order valence-electron chi connectivity index (χ1n) is 10.5. The summed E-state index contributed by atoms with van der Waals surface area (Å²) >= 11 is 7.87. The first-order chi connectivity index (χ1) is 15.0. The molecule has 0 unspecified atom stereocenters. The van der Waals surface area contributed by atoms with Crippen molar-refractivity contribution in [1.82, 2.24) is 0 Å². The van der Waals surface area contributed by atoms with Crippen molar-refractivity contribution in [3.8, 4) is 11.5 Å². The number of hydrogen-bond donors (Lipinski definition) is 2. The Balaban J connectivity index is 1.88. The van der Waals surface area contributed by atoms with Crippen LogP contribution in [0.15, 0.2) is 35.2 Å². The van der Waals surface area contributed by atoms with Gasteiger partial charge in [0.05, 0.1) is 18.1 Å². The predicted octanol–water partition coefficient (Wildman–Crippen LogP) is 5.71. The van der Waals surface area contributed by atoms with E-state index in [2.05, 4.69) is 6.92 Å². The van der Waals surface area contributed by atoms with E-state index >= 15 is 0 Å². The van der Waals surface area contributed by atoms with Crippen LogP contribution in [0, 0.1) is 0 Å². The summed E-state index contributed by atoms with van der Waals surface area (Å²) in [6.45, 7) is 2.58. The molecule has 2 rings (SSSR count). The summed E-state index contributed by atoms with van der Waals surface area (Å²) in [5.74, 6) is 0.917. The molecule has 2 N–H and O–H groups in total. The third kappa shape index (κ3) is 8.11. The Morgan fingerprint density at radius 3 is 2.68 bits per heavy atom. The quantitative estimate of drug-likeness (QED) is 0.212. The number of aryl methyl sites for hydroxylation is 1. The molecule has 0 spiro atoms. The molecule has 0 amide bonds. The minimum atomic E-state index is -0.879. The molecule has 0 aromatic heterocycles. The van der Waals surface area contributed by atoms with Crippen LogP contribution < -0.4 is 4.74 Å². The highest BCUT2D eigenvalue weighted by Crippen LogP contribution is 2.34. The molecule has 0 saturated carbocycles. The van der Waals surface area contributed by atoms with Gasteiger partial charge in [-0.1, -0.05) is 37.1 Å². The fraction of sp³-hybridized carbons (Fsp3) is 0.417. The zero-order valence-corrected chi connectivity index (χ0v) is 19.3. The van der Waals surface area contributed by atoms with Crippen LogP contribution >= 0.6 is 23.4 Å². The summed E-state index contributed by atoms with van der Waals surface area (Å²) in [6, 6.07) is 9.13. The number of aromatic hydroxyl groups is 1. The number of carboxylic acids is 1. The van der Waals surface area contributed by atoms with Crippen molar-refractivity contribution in [2.75, 3.05) is 12.4 Å². The van der Waals surface area contributed by atoms with Crippen LogP contribution in [0.1, 0.15) is 49.3 Å². The van der Waals surface area contributed by atoms with Gasteiger partial charge in [-0.2, -0.15) is 0 Å². The number of carbonyl (C=O) groups excluding carboxylic acids is 1. The topological polar surface area (TPSA) is 83.8 Å². The maximum atomic E-state index is 10.8. The Kier molecular flexibility index (Phi) is 10.7. The molecule has 5 nitrogen and oxygen atoms in total. The lowest BCUT2D eigenvalue weighted by atomic mass is 10.00. The molecular formula is C24H29ClO5S. The number of phenols is 1. The van der Waals surface area contributed by atoms with Crippen LogP contribution in [0.3, 0.4) is 0 Å². The van der Waals surface area contributed by atoms with Crippen molar-refractivity contribution >= 4 is 35.6 Å². The zero-order chi connectivity index (χ0) is 22.6. The Bertz CT molecular complexity index is 885. The molecule has 31 heavy (non-hydrogen) atoms. The van der Waals surface area contributed by atoms with Crippen LogP contribution in [-0.4, -0.2) is 34.8 Å². The third-order valence-electron chi connectivity index (χ3n) is 4.75. The number of hydrogen-bond acceptors (Lipinski definition) is 5. The zero-order valence-electron chi connectivity index (χ0n) is 17.7. The van der Waals surface area contributed by atoms with Gasteiger partial charge in [-0.3, -0.25) is 4.79 Å². The predicted molar refractivity (Wildman–Crippen MR) is 125 cm³/mol. The third-order valence-corrected chi connectivity index (χ3v) is 6.33. The molecular weight excluding hydrogens is 436 g/mol. The number of aldehydes is 1. The fourth-order valence-corrected chi connectivity index (χ4v) is 4.45. The number of carbonyl (C=O) groups is 2. The molecule has 0 saturated heterocycles. The van der Waals surface area contributed by atoms with E-state index in [0.29, 0.717) is 35.8 Å². The summed E-state index contributed by atoms with van der Waals surface area (Å²) < 4.78 is 5.95. The highest BCUT2D eigenvalue weighted by Gasteiger charge is 2.13. The average Bonchev–Trinajstić information content (AvgIpc) is 2.72. The molecule has 0 heterocycles. The molecule has 0 atom stereocenters. The number of unbranched alkanes of at least 4 members (excludes halogenated alkanes) is 1. The number of carboxylic acid groups (broad SMARTS) is 1. The summed E-state index contributed by atoms with van der Waals surface area (Å²) in [4.78, 5) is 22.2. The summed E-state index contributed by atoms with van der Waals surface area (Å²) in [5.41, 5.74) is 2.37. The van der Waals surface area contributed by atoms with Crippen molar-refractivity contribution in [2.24, 2.45) is 0 Å². The lowest BCUT2D eigenvalue weighted by molar-refractivity contribution is -0.136. The van der Waals surface area contributed by atoms with Gasteiger partial charge in [0.15, 0.2) is 0 Å². The summed E-state index contributed by atoms with van der Waals surface area (Å²) in [5, 5.41) is 20.1. The van der Waals surface area contributed by atoms with Gasteiger partial charge in [0.1, 0.15) is 17.8 Å². The van der Waals surface area contributed by atoms with Crippen LogP contribution in [0.2, 0.25) is 5.02 Å². The van der Waals surface area contributed by atoms with Gasteiger partial charge in [-0.25, -0.2) is 0 Å². The van der Waals surface area contributed by atoms with Gasteiger partial charge < -0.3 is 19.7 Å². The number of halogens is 1. The second kappa shape index (κ2) is 13.3. The molecule has 0 aliphatic heterocycles. The second-order valence-corrected chi connectivity index (χ2v) is 8.79. The molecule has 0 aliphatic carbocycles. The fourth-order valence-electron chi connectivity index (χ4n) is 3.24. The lowest BCUT2D eigenvalue weighted by Crippen LogP contribution is -2.03. The lowest BCUT2D eigenvalue weighted by Gasteiger charge is -2.15. The molecule has 2 aromatic rings. The van der Waals surface area contributed by atoms with Gasteiger partial charge >= 0.3 is 5.97 Å². The Labute approximate surface area is 192 Å². The largest absolute Gasteiger partial charge is 0.507 e. The number of rotatable bonds is 14. The molecule has 0 radical (unpaired) electrons. The average molecular weight is 465 g/mol. The number of aliphatic carboxylic acids is 1. The number of phenolic OH excluding ortho intramolecular Hbond substituents is 1. The standard InChI is InChI=1S/C24H29ClO5S/c1-2-6-19-21(10-9-18(24(19)29)7-3-4-12-26)30-13-5-14-31-22-11-8-17(15-20(22)25)16-23(27)28/h8-12,15,29H,2-7,13-14,16H2,1H3,(H,27,28). The molecule has 0 fully saturated rings. The second-order valence-electron chi connectivity index (χ2n) is 7.24. The molecule has 0 aliphatic rings. The SMILES string of the molecule is CCCc1c(OCCCSc2ccc(CC(=O)O)cc2Cl)ccc(CCCC=O)c1O. The van der Waals surface area contributed by atoms with E-state index < -0.39 is 5.97 Å². The van der Waals surface area contributed by atoms with Crippen LogP contribution in [0.4, 0.5) is 0 Å². The van der Waals surface area contributed by atoms with Crippen LogP contribution in [0.5, 0.6) is 11.5 Å². The minimum Gasteiger partial charge on any atom is -0.507 e. The molecule has 0 bridgehead atoms. The Morgan fingerprint density at radius 2 is 2.00 bits per heavy atom. The van der Waals surface area contributed by atoms with Gasteiger partial charge in [0.25, 0.3) is 0 Å². The van der Waals surface area contributed by atoms with E-state index in [1.807, 2.05) is 18.2 Å². The molecule has 168 valence electrons. The van der Waals surface area contributed by atoms with E-state index in [9.17, 15) is 14.7 Å². The van der Waals surface area contributed by atoms with Crippen LogP contribution in [-0.2, 0) is 28.9 Å². The number of ether oxygens (including phenoxy) is 1. The smallest absolute Gasteiger partial charge is 0.307 e. The molecule has 2 aromatic carbocycles. The van der Waals surface area contributed by atoms with E-state index in [0.717, 1.165) is 53.7 Å². The summed E-state index contributed by atoms with van der Waals surface area (Å²) in [7, 11) is 0. The number of thioether (sulfide) groups is 1. The van der Waals surface area contributed by atoms with Crippen molar-refractivity contribution in [3.05, 3.63) is 52.0 Å². The maximum absolute atomic E-state index is 10.8. The van der Waals surface area contributed by atoms with Crippen molar-refractivity contribution in [2.45, 2.75) is 56.8 Å². The van der Waals surface area contributed by atoms with E-state index in [1.54, 1.807) is 23.9 Å². The van der Waals surface area contributed by atoms with E-state index in [-0.39, 0.29) is 12.2 Å². The van der Waals surface area contributed by atoms with E-state index in [1.165, 1.54) is 0 Å². The Morgan fingerprint density at radius 1 is 1.19 bits per heavy atom. The van der Waals surface area contributed by atoms with Gasteiger partial charge in [0.2, 0.25) is 0 Å². The van der Waals surface area contributed by atoms with Crippen molar-refractivity contribution < 1.29 is 24.5 Å². The van der Waals surface area contributed by atoms with Gasteiger partial charge in [-0.15, -0.1) is 11.8 Å². The van der Waals surface area contributed by atoms with Gasteiger partial charge in [-0.05, 0) is 55.0 Å². The monoisotopic (exact) mass is 464 g/mol. The minimum absolute atomic E-state index is 0.0404. The first kappa shape index (κ1) is 25.1. The highest BCUT2D eigenvalue weighted by molar-refractivity contribution is 7.99. The van der Waals surface area contributed by atoms with Crippen molar-refractivity contribution in [3.63, 3.8) is 0 Å². The highest BCUT2D eigenvalue weighted by atomic mass is 35.5. The first-order valence-corrected chi connectivity index (χ1v) is 11.9. The Hall–Kier alpha value is -2.18. The summed E-state index contributed by atoms with van der Waals surface area (Å²) in [6.07, 6.45) is 5.17. The normalized spacial score (nSPS) is 10.8. The van der Waals surface area contributed by atoms with Gasteiger partial charge in [0, 0.05) is 22.6 Å². The van der Waals surface area contributed by atoms with Crippen molar-refractivity contribution in [1.29, 1.82) is 0 Å². The maximum Gasteiger partial charge on any atom is 0.307 e.